The van der Waals surface area contributed by atoms with Gasteiger partial charge < -0.3 is 10.1 Å². The lowest BCUT2D eigenvalue weighted by molar-refractivity contribution is 0.0720. The normalized spacial score (nSPS) is 42.0. The summed E-state index contributed by atoms with van der Waals surface area (Å²) < 4.78 is 6.15. The topological polar surface area (TPSA) is 21.3 Å². The van der Waals surface area contributed by atoms with Crippen LogP contribution in [0.25, 0.3) is 0 Å². The number of hydrogen-bond acceptors (Lipinski definition) is 2. The molecule has 2 heterocycles. The summed E-state index contributed by atoms with van der Waals surface area (Å²) in [6.45, 7) is 5.85. The molecule has 3 fully saturated rings. The van der Waals surface area contributed by atoms with Gasteiger partial charge in [-0.25, -0.2) is 0 Å². The van der Waals surface area contributed by atoms with Gasteiger partial charge in [-0.1, -0.05) is 33.1 Å². The molecule has 1 saturated carbocycles. The molecule has 2 nitrogen and oxygen atoms in total. The molecular weight excluding hydrogens is 246 g/mol. The summed E-state index contributed by atoms with van der Waals surface area (Å²) in [5.74, 6) is 2.70. The molecule has 0 aromatic rings. The lowest BCUT2D eigenvalue weighted by atomic mass is 9.70. The maximum Gasteiger partial charge on any atom is 0.0623 e. The molecule has 116 valence electrons. The van der Waals surface area contributed by atoms with Gasteiger partial charge in [0, 0.05) is 12.0 Å². The van der Waals surface area contributed by atoms with Crippen LogP contribution in [-0.2, 0) is 4.74 Å². The molecule has 2 heteroatoms. The minimum absolute atomic E-state index is 0.580. The summed E-state index contributed by atoms with van der Waals surface area (Å²) in [5, 5.41) is 3.93. The maximum atomic E-state index is 6.15. The molecule has 6 atom stereocenters. The first-order chi connectivity index (χ1) is 9.81. The van der Waals surface area contributed by atoms with Crippen LogP contribution in [0.2, 0.25) is 0 Å². The Bertz CT molecular complexity index is 306. The second kappa shape index (κ2) is 6.79. The number of nitrogens with one attached hydrogen (secondary N) is 1. The summed E-state index contributed by atoms with van der Waals surface area (Å²) in [5.41, 5.74) is 0. The first-order valence-electron chi connectivity index (χ1n) is 9.20. The summed E-state index contributed by atoms with van der Waals surface area (Å²) >= 11 is 0. The molecule has 1 N–H and O–H groups in total. The summed E-state index contributed by atoms with van der Waals surface area (Å²) in [6, 6.07) is 0.736. The Morgan fingerprint density at radius 1 is 1.10 bits per heavy atom. The average Bonchev–Trinajstić information content (AvgIpc) is 3.11. The van der Waals surface area contributed by atoms with Crippen LogP contribution >= 0.6 is 0 Å². The van der Waals surface area contributed by atoms with E-state index in [0.29, 0.717) is 12.2 Å². The molecule has 1 aliphatic carbocycles. The predicted octanol–water partition coefficient (Wildman–Crippen LogP) is 4.14. The Balaban J connectivity index is 1.65. The lowest BCUT2D eigenvalue weighted by Crippen LogP contribution is -2.47. The molecule has 3 rings (SSSR count). The molecule has 2 saturated heterocycles. The van der Waals surface area contributed by atoms with Crippen molar-refractivity contribution in [1.29, 1.82) is 0 Å². The summed E-state index contributed by atoms with van der Waals surface area (Å²) in [6.07, 6.45) is 13.6. The van der Waals surface area contributed by atoms with Crippen LogP contribution < -0.4 is 5.32 Å². The Morgan fingerprint density at radius 2 is 2.00 bits per heavy atom. The molecule has 6 unspecified atom stereocenters. The highest BCUT2D eigenvalue weighted by molar-refractivity contribution is 4.98. The van der Waals surface area contributed by atoms with E-state index in [2.05, 4.69) is 19.2 Å². The van der Waals surface area contributed by atoms with Crippen LogP contribution in [0.15, 0.2) is 0 Å². The Morgan fingerprint density at radius 3 is 2.65 bits per heavy atom. The first kappa shape index (κ1) is 14.8. The zero-order chi connectivity index (χ0) is 13.9. The van der Waals surface area contributed by atoms with Crippen molar-refractivity contribution in [1.82, 2.24) is 5.32 Å². The second-order valence-corrected chi connectivity index (χ2v) is 7.45. The van der Waals surface area contributed by atoms with Gasteiger partial charge in [-0.15, -0.1) is 0 Å². The van der Waals surface area contributed by atoms with Crippen molar-refractivity contribution in [3.05, 3.63) is 0 Å². The van der Waals surface area contributed by atoms with E-state index in [1.165, 1.54) is 64.3 Å². The lowest BCUT2D eigenvalue weighted by Gasteiger charge is -2.39. The van der Waals surface area contributed by atoms with Crippen LogP contribution in [0, 0.1) is 17.8 Å². The Hall–Kier alpha value is -0.0800. The monoisotopic (exact) mass is 279 g/mol. The first-order valence-corrected chi connectivity index (χ1v) is 9.20. The van der Waals surface area contributed by atoms with E-state index in [4.69, 9.17) is 4.74 Å². The number of hydrogen-bond donors (Lipinski definition) is 1. The van der Waals surface area contributed by atoms with Gasteiger partial charge in [-0.05, 0) is 56.9 Å². The molecule has 2 bridgehead atoms. The summed E-state index contributed by atoms with van der Waals surface area (Å²) in [4.78, 5) is 0. The van der Waals surface area contributed by atoms with Crippen LogP contribution in [0.1, 0.15) is 71.6 Å². The third-order valence-corrected chi connectivity index (χ3v) is 6.15. The van der Waals surface area contributed by atoms with Crippen molar-refractivity contribution >= 4 is 0 Å². The molecule has 0 radical (unpaired) electrons. The zero-order valence-corrected chi connectivity index (χ0v) is 13.4. The molecule has 2 aliphatic heterocycles. The van der Waals surface area contributed by atoms with Crippen molar-refractivity contribution in [2.75, 3.05) is 6.54 Å². The SMILES string of the molecule is CCCNC(C1CCCC(CC)C1)C1CC2CCC1O2. The van der Waals surface area contributed by atoms with E-state index in [9.17, 15) is 0 Å². The number of rotatable bonds is 6. The van der Waals surface area contributed by atoms with Crippen molar-refractivity contribution in [2.45, 2.75) is 89.9 Å². The van der Waals surface area contributed by atoms with Gasteiger partial charge >= 0.3 is 0 Å². The van der Waals surface area contributed by atoms with Crippen LogP contribution in [-0.4, -0.2) is 24.8 Å². The van der Waals surface area contributed by atoms with E-state index in [-0.39, 0.29) is 0 Å². The van der Waals surface area contributed by atoms with Crippen LogP contribution in [0.5, 0.6) is 0 Å². The molecule has 0 aromatic carbocycles. The fourth-order valence-corrected chi connectivity index (χ4v) is 5.06. The minimum Gasteiger partial charge on any atom is -0.375 e. The number of ether oxygens (including phenoxy) is 1. The highest BCUT2D eigenvalue weighted by atomic mass is 16.5. The quantitative estimate of drug-likeness (QED) is 0.789. The zero-order valence-electron chi connectivity index (χ0n) is 13.4. The Kier molecular flexibility index (Phi) is 5.04. The van der Waals surface area contributed by atoms with Gasteiger partial charge in [0.1, 0.15) is 0 Å². The minimum atomic E-state index is 0.580. The van der Waals surface area contributed by atoms with Crippen LogP contribution in [0.3, 0.4) is 0 Å². The molecule has 0 spiro atoms. The summed E-state index contributed by atoms with van der Waals surface area (Å²) in [7, 11) is 0. The molecule has 20 heavy (non-hydrogen) atoms. The second-order valence-electron chi connectivity index (χ2n) is 7.45. The van der Waals surface area contributed by atoms with E-state index in [0.717, 1.165) is 23.8 Å². The smallest absolute Gasteiger partial charge is 0.0623 e. The van der Waals surface area contributed by atoms with Gasteiger partial charge in [-0.3, -0.25) is 0 Å². The van der Waals surface area contributed by atoms with Crippen molar-refractivity contribution < 1.29 is 4.74 Å². The van der Waals surface area contributed by atoms with Crippen molar-refractivity contribution in [2.24, 2.45) is 17.8 Å². The van der Waals surface area contributed by atoms with Gasteiger partial charge in [0.15, 0.2) is 0 Å². The van der Waals surface area contributed by atoms with Gasteiger partial charge in [0.05, 0.1) is 12.2 Å². The van der Waals surface area contributed by atoms with E-state index >= 15 is 0 Å². The van der Waals surface area contributed by atoms with Gasteiger partial charge in [-0.2, -0.15) is 0 Å². The van der Waals surface area contributed by atoms with E-state index < -0.39 is 0 Å². The fraction of sp³-hybridized carbons (Fsp3) is 1.00. The highest BCUT2D eigenvalue weighted by Gasteiger charge is 2.46. The molecule has 3 aliphatic rings. The van der Waals surface area contributed by atoms with Gasteiger partial charge in [0.2, 0.25) is 0 Å². The van der Waals surface area contributed by atoms with E-state index in [1.807, 2.05) is 0 Å². The standard InChI is InChI=1S/C18H33NO/c1-3-10-19-18(14-7-5-6-13(4-2)11-14)16-12-15-8-9-17(16)20-15/h13-19H,3-12H2,1-2H3. The Labute approximate surface area is 125 Å². The van der Waals surface area contributed by atoms with Crippen molar-refractivity contribution in [3.63, 3.8) is 0 Å². The molecule has 0 aromatic heterocycles. The highest BCUT2D eigenvalue weighted by Crippen LogP contribution is 2.44. The third-order valence-electron chi connectivity index (χ3n) is 6.15. The van der Waals surface area contributed by atoms with E-state index in [1.54, 1.807) is 0 Å². The van der Waals surface area contributed by atoms with Crippen molar-refractivity contribution in [3.8, 4) is 0 Å². The van der Waals surface area contributed by atoms with Gasteiger partial charge in [0.25, 0.3) is 0 Å². The fourth-order valence-electron chi connectivity index (χ4n) is 5.06. The molecular formula is C18H33NO. The largest absolute Gasteiger partial charge is 0.375 e. The number of fused-ring (bicyclic) bond motifs is 2. The molecule has 0 amide bonds. The third kappa shape index (κ3) is 3.06. The predicted molar refractivity (Wildman–Crippen MR) is 83.8 cm³/mol. The maximum absolute atomic E-state index is 6.15. The van der Waals surface area contributed by atoms with Crippen LogP contribution in [0.4, 0.5) is 0 Å². The average molecular weight is 279 g/mol.